The maximum atomic E-state index is 11.4. The van der Waals surface area contributed by atoms with Gasteiger partial charge in [-0.1, -0.05) is 31.9 Å². The van der Waals surface area contributed by atoms with E-state index in [1.54, 1.807) is 0 Å². The van der Waals surface area contributed by atoms with Crippen LogP contribution < -0.4 is 0 Å². The predicted octanol–water partition coefficient (Wildman–Crippen LogP) is 3.32. The van der Waals surface area contributed by atoms with E-state index >= 15 is 0 Å². The number of rotatable bonds is 6. The molecule has 0 radical (unpaired) electrons. The lowest BCUT2D eigenvalue weighted by Gasteiger charge is -2.17. The van der Waals surface area contributed by atoms with Crippen molar-refractivity contribution in [1.82, 2.24) is 0 Å². The third-order valence-corrected chi connectivity index (χ3v) is 3.86. The van der Waals surface area contributed by atoms with Gasteiger partial charge in [0.2, 0.25) is 0 Å². The molecule has 90 valence electrons. The average Bonchev–Trinajstić information content (AvgIpc) is 2.88. The first-order chi connectivity index (χ1) is 7.79. The number of carbonyl (C=O) groups excluding carboxylic acids is 1. The van der Waals surface area contributed by atoms with Gasteiger partial charge in [-0.3, -0.25) is 4.79 Å². The Morgan fingerprint density at radius 3 is 2.81 bits per heavy atom. The van der Waals surface area contributed by atoms with Gasteiger partial charge in [0, 0.05) is 6.42 Å². The highest BCUT2D eigenvalue weighted by atomic mass is 16.5. The molecule has 2 rings (SSSR count). The van der Waals surface area contributed by atoms with E-state index in [0.29, 0.717) is 24.9 Å². The van der Waals surface area contributed by atoms with E-state index in [-0.39, 0.29) is 5.97 Å². The number of hydrogen-bond acceptors (Lipinski definition) is 2. The highest BCUT2D eigenvalue weighted by molar-refractivity contribution is 5.69. The fourth-order valence-electron chi connectivity index (χ4n) is 2.88. The summed E-state index contributed by atoms with van der Waals surface area (Å²) in [5.74, 6) is 2.06. The third-order valence-electron chi connectivity index (χ3n) is 3.86. The molecular weight excluding hydrogens is 200 g/mol. The van der Waals surface area contributed by atoms with Crippen molar-refractivity contribution in [2.45, 2.75) is 45.4 Å². The van der Waals surface area contributed by atoms with Gasteiger partial charge >= 0.3 is 5.97 Å². The normalized spacial score (nSPS) is 30.9. The molecule has 0 aromatic carbocycles. The van der Waals surface area contributed by atoms with E-state index < -0.39 is 0 Å². The first-order valence-corrected chi connectivity index (χ1v) is 6.63. The SMILES string of the molecule is CCCCCC(=O)OCC1C[C@@H]2C=C[C@H]1C2. The maximum absolute atomic E-state index is 11.4. The zero-order valence-corrected chi connectivity index (χ0v) is 10.2. The Morgan fingerprint density at radius 1 is 1.31 bits per heavy atom. The Balaban J connectivity index is 1.61. The van der Waals surface area contributed by atoms with Crippen molar-refractivity contribution >= 4 is 5.97 Å². The molecule has 2 aliphatic rings. The second kappa shape index (κ2) is 5.51. The van der Waals surface area contributed by atoms with Crippen molar-refractivity contribution in [3.8, 4) is 0 Å². The van der Waals surface area contributed by atoms with Gasteiger partial charge in [-0.05, 0) is 37.0 Å². The minimum Gasteiger partial charge on any atom is -0.465 e. The molecule has 0 heterocycles. The Labute approximate surface area is 98.1 Å². The minimum absolute atomic E-state index is 0.000188. The zero-order valence-electron chi connectivity index (χ0n) is 10.2. The summed E-state index contributed by atoms with van der Waals surface area (Å²) in [6, 6.07) is 0. The van der Waals surface area contributed by atoms with Crippen molar-refractivity contribution in [3.63, 3.8) is 0 Å². The van der Waals surface area contributed by atoms with Gasteiger partial charge in [0.25, 0.3) is 0 Å². The van der Waals surface area contributed by atoms with Crippen LogP contribution >= 0.6 is 0 Å². The molecule has 2 heteroatoms. The molecule has 1 unspecified atom stereocenters. The second-order valence-electron chi connectivity index (χ2n) is 5.18. The molecule has 0 aliphatic heterocycles. The number of esters is 1. The Kier molecular flexibility index (Phi) is 4.03. The van der Waals surface area contributed by atoms with Crippen LogP contribution in [0.15, 0.2) is 12.2 Å². The summed E-state index contributed by atoms with van der Waals surface area (Å²) in [5.41, 5.74) is 0. The summed E-state index contributed by atoms with van der Waals surface area (Å²) in [7, 11) is 0. The highest BCUT2D eigenvalue weighted by Gasteiger charge is 2.36. The summed E-state index contributed by atoms with van der Waals surface area (Å²) < 4.78 is 5.35. The second-order valence-corrected chi connectivity index (χ2v) is 5.18. The quantitative estimate of drug-likeness (QED) is 0.391. The van der Waals surface area contributed by atoms with Crippen molar-refractivity contribution < 1.29 is 9.53 Å². The summed E-state index contributed by atoms with van der Waals surface area (Å²) in [5, 5.41) is 0. The molecule has 0 aromatic rings. The van der Waals surface area contributed by atoms with Gasteiger partial charge in [0.15, 0.2) is 0 Å². The van der Waals surface area contributed by atoms with E-state index in [0.717, 1.165) is 25.2 Å². The molecule has 0 N–H and O–H groups in total. The molecule has 1 saturated carbocycles. The summed E-state index contributed by atoms with van der Waals surface area (Å²) >= 11 is 0. The van der Waals surface area contributed by atoms with Crippen molar-refractivity contribution in [2.75, 3.05) is 6.61 Å². The maximum Gasteiger partial charge on any atom is 0.305 e. The lowest BCUT2D eigenvalue weighted by molar-refractivity contribution is -0.145. The monoisotopic (exact) mass is 222 g/mol. The fraction of sp³-hybridized carbons (Fsp3) is 0.786. The van der Waals surface area contributed by atoms with Gasteiger partial charge in [-0.25, -0.2) is 0 Å². The van der Waals surface area contributed by atoms with Crippen molar-refractivity contribution in [1.29, 1.82) is 0 Å². The summed E-state index contributed by atoms with van der Waals surface area (Å²) in [4.78, 5) is 11.4. The predicted molar refractivity (Wildman–Crippen MR) is 63.9 cm³/mol. The summed E-state index contributed by atoms with van der Waals surface area (Å²) in [6.45, 7) is 2.80. The molecular formula is C14H22O2. The molecule has 1 fully saturated rings. The first-order valence-electron chi connectivity index (χ1n) is 6.63. The number of carbonyl (C=O) groups is 1. The molecule has 2 aliphatic carbocycles. The van der Waals surface area contributed by atoms with E-state index in [1.807, 2.05) is 0 Å². The van der Waals surface area contributed by atoms with Crippen LogP contribution in [0.25, 0.3) is 0 Å². The molecule has 16 heavy (non-hydrogen) atoms. The lowest BCUT2D eigenvalue weighted by atomic mass is 9.95. The fourth-order valence-corrected chi connectivity index (χ4v) is 2.88. The summed E-state index contributed by atoms with van der Waals surface area (Å²) in [6.07, 6.45) is 11.0. The van der Waals surface area contributed by atoms with Gasteiger partial charge in [-0.15, -0.1) is 0 Å². The van der Waals surface area contributed by atoms with Crippen LogP contribution in [0.5, 0.6) is 0 Å². The number of hydrogen-bond donors (Lipinski definition) is 0. The molecule has 0 saturated heterocycles. The minimum atomic E-state index is 0.000188. The molecule has 0 aromatic heterocycles. The number of fused-ring (bicyclic) bond motifs is 2. The van der Waals surface area contributed by atoms with Crippen LogP contribution in [-0.4, -0.2) is 12.6 Å². The molecule has 2 nitrogen and oxygen atoms in total. The Bertz CT molecular complexity index is 270. The highest BCUT2D eigenvalue weighted by Crippen LogP contribution is 2.43. The zero-order chi connectivity index (χ0) is 11.4. The Hall–Kier alpha value is -0.790. The third kappa shape index (κ3) is 2.87. The van der Waals surface area contributed by atoms with Gasteiger partial charge < -0.3 is 4.74 Å². The van der Waals surface area contributed by atoms with Crippen LogP contribution in [0.4, 0.5) is 0 Å². The van der Waals surface area contributed by atoms with E-state index in [1.165, 1.54) is 12.8 Å². The Morgan fingerprint density at radius 2 is 2.19 bits per heavy atom. The van der Waals surface area contributed by atoms with Crippen LogP contribution in [0, 0.1) is 17.8 Å². The van der Waals surface area contributed by atoms with E-state index in [9.17, 15) is 4.79 Å². The van der Waals surface area contributed by atoms with Crippen molar-refractivity contribution in [3.05, 3.63) is 12.2 Å². The number of ether oxygens (including phenoxy) is 1. The smallest absolute Gasteiger partial charge is 0.305 e. The largest absolute Gasteiger partial charge is 0.465 e. The first kappa shape index (κ1) is 11.7. The average molecular weight is 222 g/mol. The molecule has 0 spiro atoms. The topological polar surface area (TPSA) is 26.3 Å². The van der Waals surface area contributed by atoms with E-state index in [2.05, 4.69) is 19.1 Å². The molecule has 2 bridgehead atoms. The van der Waals surface area contributed by atoms with Crippen molar-refractivity contribution in [2.24, 2.45) is 17.8 Å². The number of allylic oxidation sites excluding steroid dienone is 2. The molecule has 3 atom stereocenters. The van der Waals surface area contributed by atoms with Crippen LogP contribution in [0.3, 0.4) is 0 Å². The van der Waals surface area contributed by atoms with E-state index in [4.69, 9.17) is 4.74 Å². The van der Waals surface area contributed by atoms with Crippen LogP contribution in [-0.2, 0) is 9.53 Å². The van der Waals surface area contributed by atoms with Crippen LogP contribution in [0.2, 0.25) is 0 Å². The van der Waals surface area contributed by atoms with Gasteiger partial charge in [-0.2, -0.15) is 0 Å². The van der Waals surface area contributed by atoms with Gasteiger partial charge in [0.1, 0.15) is 0 Å². The van der Waals surface area contributed by atoms with Crippen LogP contribution in [0.1, 0.15) is 45.4 Å². The molecule has 0 amide bonds. The number of unbranched alkanes of at least 4 members (excludes halogenated alkanes) is 2. The standard InChI is InChI=1S/C14H22O2/c1-2-3-4-5-14(15)16-10-13-9-11-6-7-12(13)8-11/h6-7,11-13H,2-5,8-10H2,1H3/t11-,12+,13?/m1/s1. The lowest BCUT2D eigenvalue weighted by Crippen LogP contribution is -2.17. The van der Waals surface area contributed by atoms with Gasteiger partial charge in [0.05, 0.1) is 6.61 Å².